The van der Waals surface area contributed by atoms with Gasteiger partial charge < -0.3 is 15.1 Å². The number of hydrogen-bond acceptors (Lipinski definition) is 3. The number of carbonyl (C=O) groups is 1. The van der Waals surface area contributed by atoms with Crippen LogP contribution in [-0.2, 0) is 6.42 Å². The second kappa shape index (κ2) is 6.22. The predicted molar refractivity (Wildman–Crippen MR) is 77.5 cm³/mol. The SMILES string of the molecule is O=C1N(CCc2ccccn2)CCN1C1CCNCC1. The van der Waals surface area contributed by atoms with E-state index >= 15 is 0 Å². The van der Waals surface area contributed by atoms with Crippen LogP contribution in [0.4, 0.5) is 4.79 Å². The van der Waals surface area contributed by atoms with Crippen molar-refractivity contribution < 1.29 is 4.79 Å². The highest BCUT2D eigenvalue weighted by Gasteiger charge is 2.33. The molecule has 20 heavy (non-hydrogen) atoms. The minimum atomic E-state index is 0.216. The van der Waals surface area contributed by atoms with E-state index < -0.39 is 0 Å². The Morgan fingerprint density at radius 3 is 2.85 bits per heavy atom. The van der Waals surface area contributed by atoms with Crippen LogP contribution in [0.15, 0.2) is 24.4 Å². The molecule has 0 spiro atoms. The smallest absolute Gasteiger partial charge is 0.320 e. The van der Waals surface area contributed by atoms with Gasteiger partial charge in [-0.3, -0.25) is 4.98 Å². The molecule has 2 fully saturated rings. The van der Waals surface area contributed by atoms with Gasteiger partial charge in [-0.25, -0.2) is 4.79 Å². The zero-order valence-electron chi connectivity index (χ0n) is 11.8. The van der Waals surface area contributed by atoms with Gasteiger partial charge in [0.2, 0.25) is 0 Å². The molecule has 0 unspecified atom stereocenters. The second-order valence-corrected chi connectivity index (χ2v) is 5.52. The van der Waals surface area contributed by atoms with Crippen molar-refractivity contribution in [3.63, 3.8) is 0 Å². The number of carbonyl (C=O) groups excluding carboxylic acids is 1. The highest BCUT2D eigenvalue weighted by Crippen LogP contribution is 2.18. The lowest BCUT2D eigenvalue weighted by atomic mass is 10.1. The van der Waals surface area contributed by atoms with Crippen LogP contribution in [-0.4, -0.2) is 59.6 Å². The molecule has 5 heteroatoms. The van der Waals surface area contributed by atoms with E-state index in [0.717, 1.165) is 57.7 Å². The van der Waals surface area contributed by atoms with Gasteiger partial charge in [-0.15, -0.1) is 0 Å². The number of amides is 2. The molecule has 3 rings (SSSR count). The van der Waals surface area contributed by atoms with Gasteiger partial charge in [0.25, 0.3) is 0 Å². The Balaban J connectivity index is 1.53. The third kappa shape index (κ3) is 2.93. The monoisotopic (exact) mass is 274 g/mol. The molecule has 3 heterocycles. The van der Waals surface area contributed by atoms with E-state index in [4.69, 9.17) is 0 Å². The average Bonchev–Trinajstić information content (AvgIpc) is 2.88. The van der Waals surface area contributed by atoms with Crippen molar-refractivity contribution in [2.45, 2.75) is 25.3 Å². The van der Waals surface area contributed by atoms with Crippen molar-refractivity contribution in [3.8, 4) is 0 Å². The minimum absolute atomic E-state index is 0.216. The van der Waals surface area contributed by atoms with E-state index in [0.29, 0.717) is 6.04 Å². The molecule has 1 aromatic heterocycles. The summed E-state index contributed by atoms with van der Waals surface area (Å²) < 4.78 is 0. The number of hydrogen-bond donors (Lipinski definition) is 1. The van der Waals surface area contributed by atoms with E-state index in [9.17, 15) is 4.79 Å². The zero-order valence-corrected chi connectivity index (χ0v) is 11.8. The highest BCUT2D eigenvalue weighted by molar-refractivity contribution is 5.76. The summed E-state index contributed by atoms with van der Waals surface area (Å²) in [6.45, 7) is 4.57. The van der Waals surface area contributed by atoms with Gasteiger partial charge in [0.05, 0.1) is 0 Å². The fraction of sp³-hybridized carbons (Fsp3) is 0.600. The Morgan fingerprint density at radius 2 is 2.10 bits per heavy atom. The van der Waals surface area contributed by atoms with Crippen molar-refractivity contribution in [3.05, 3.63) is 30.1 Å². The standard InChI is InChI=1S/C15H22N4O/c20-15-18(10-6-13-3-1-2-7-17-13)11-12-19(15)14-4-8-16-9-5-14/h1-3,7,14,16H,4-6,8-12H2. The number of nitrogens with zero attached hydrogens (tertiary/aromatic N) is 3. The fourth-order valence-corrected chi connectivity index (χ4v) is 3.06. The number of rotatable bonds is 4. The summed E-state index contributed by atoms with van der Waals surface area (Å²) >= 11 is 0. The summed E-state index contributed by atoms with van der Waals surface area (Å²) in [6, 6.07) is 6.58. The molecule has 0 bridgehead atoms. The number of aromatic nitrogens is 1. The van der Waals surface area contributed by atoms with Crippen molar-refractivity contribution in [1.82, 2.24) is 20.1 Å². The van der Waals surface area contributed by atoms with Gasteiger partial charge in [-0.05, 0) is 38.1 Å². The van der Waals surface area contributed by atoms with Crippen LogP contribution in [0.25, 0.3) is 0 Å². The number of pyridine rings is 1. The van der Waals surface area contributed by atoms with E-state index in [2.05, 4.69) is 15.2 Å². The van der Waals surface area contributed by atoms with Gasteiger partial charge in [0.1, 0.15) is 0 Å². The van der Waals surface area contributed by atoms with E-state index in [1.165, 1.54) is 0 Å². The normalized spacial score (nSPS) is 20.7. The van der Waals surface area contributed by atoms with Crippen LogP contribution in [0.5, 0.6) is 0 Å². The second-order valence-electron chi connectivity index (χ2n) is 5.52. The third-order valence-electron chi connectivity index (χ3n) is 4.24. The van der Waals surface area contributed by atoms with Crippen LogP contribution in [0.2, 0.25) is 0 Å². The van der Waals surface area contributed by atoms with Crippen LogP contribution < -0.4 is 5.32 Å². The van der Waals surface area contributed by atoms with Crippen LogP contribution >= 0.6 is 0 Å². The van der Waals surface area contributed by atoms with E-state index in [-0.39, 0.29) is 6.03 Å². The maximum atomic E-state index is 12.4. The first-order chi connectivity index (χ1) is 9.84. The molecule has 108 valence electrons. The van der Waals surface area contributed by atoms with E-state index in [1.54, 1.807) is 0 Å². The largest absolute Gasteiger partial charge is 0.322 e. The topological polar surface area (TPSA) is 48.5 Å². The molecule has 2 aliphatic rings. The Hall–Kier alpha value is -1.62. The van der Waals surface area contributed by atoms with Gasteiger partial charge in [0, 0.05) is 44.0 Å². The van der Waals surface area contributed by atoms with Gasteiger partial charge in [-0.1, -0.05) is 6.07 Å². The molecule has 2 saturated heterocycles. The first kappa shape index (κ1) is 13.4. The molecule has 2 amide bonds. The van der Waals surface area contributed by atoms with Gasteiger partial charge in [0.15, 0.2) is 0 Å². The first-order valence-electron chi connectivity index (χ1n) is 7.51. The van der Waals surface area contributed by atoms with Gasteiger partial charge in [-0.2, -0.15) is 0 Å². The number of urea groups is 1. The number of nitrogens with one attached hydrogen (secondary N) is 1. The molecule has 0 atom stereocenters. The fourth-order valence-electron chi connectivity index (χ4n) is 3.06. The molecular weight excluding hydrogens is 252 g/mol. The highest BCUT2D eigenvalue weighted by atomic mass is 16.2. The molecule has 0 saturated carbocycles. The summed E-state index contributed by atoms with van der Waals surface area (Å²) in [5, 5.41) is 3.35. The Morgan fingerprint density at radius 1 is 1.25 bits per heavy atom. The zero-order chi connectivity index (χ0) is 13.8. The molecule has 2 aliphatic heterocycles. The molecule has 1 aromatic rings. The van der Waals surface area contributed by atoms with Crippen LogP contribution in [0.1, 0.15) is 18.5 Å². The molecule has 5 nitrogen and oxygen atoms in total. The summed E-state index contributed by atoms with van der Waals surface area (Å²) in [6.07, 6.45) is 4.81. The Labute approximate surface area is 120 Å². The molecule has 0 aromatic carbocycles. The molecule has 0 aliphatic carbocycles. The van der Waals surface area contributed by atoms with Crippen LogP contribution in [0.3, 0.4) is 0 Å². The summed E-state index contributed by atoms with van der Waals surface area (Å²) in [4.78, 5) is 20.8. The van der Waals surface area contributed by atoms with Crippen molar-refractivity contribution in [2.24, 2.45) is 0 Å². The van der Waals surface area contributed by atoms with Gasteiger partial charge >= 0.3 is 6.03 Å². The number of piperidine rings is 1. The van der Waals surface area contributed by atoms with Crippen molar-refractivity contribution in [1.29, 1.82) is 0 Å². The molecule has 0 radical (unpaired) electrons. The minimum Gasteiger partial charge on any atom is -0.322 e. The lowest BCUT2D eigenvalue weighted by Gasteiger charge is -2.31. The lowest BCUT2D eigenvalue weighted by molar-refractivity contribution is 0.166. The maximum absolute atomic E-state index is 12.4. The Bertz CT molecular complexity index is 444. The van der Waals surface area contributed by atoms with Crippen LogP contribution in [0, 0.1) is 0 Å². The van der Waals surface area contributed by atoms with Crippen molar-refractivity contribution in [2.75, 3.05) is 32.7 Å². The maximum Gasteiger partial charge on any atom is 0.320 e. The summed E-state index contributed by atoms with van der Waals surface area (Å²) in [5.74, 6) is 0. The summed E-state index contributed by atoms with van der Waals surface area (Å²) in [5.41, 5.74) is 1.06. The van der Waals surface area contributed by atoms with E-state index in [1.807, 2.05) is 29.3 Å². The summed E-state index contributed by atoms with van der Waals surface area (Å²) in [7, 11) is 0. The Kier molecular flexibility index (Phi) is 4.16. The third-order valence-corrected chi connectivity index (χ3v) is 4.24. The first-order valence-corrected chi connectivity index (χ1v) is 7.51. The quantitative estimate of drug-likeness (QED) is 0.895. The lowest BCUT2D eigenvalue weighted by Crippen LogP contribution is -2.45. The molecule has 1 N–H and O–H groups in total. The average molecular weight is 274 g/mol. The van der Waals surface area contributed by atoms with Crippen molar-refractivity contribution >= 4 is 6.03 Å². The predicted octanol–water partition coefficient (Wildman–Crippen LogP) is 1.11. The molecular formula is C15H22N4O.